The minimum Gasteiger partial charge on any atom is -0.505 e. The maximum atomic E-state index is 13.1. The maximum absolute atomic E-state index is 13.1. The summed E-state index contributed by atoms with van der Waals surface area (Å²) in [5, 5.41) is 16.6. The number of hydrogen-bond acceptors (Lipinski definition) is 4. The predicted octanol–water partition coefficient (Wildman–Crippen LogP) is 1.20. The summed E-state index contributed by atoms with van der Waals surface area (Å²) in [7, 11) is -3.85. The van der Waals surface area contributed by atoms with E-state index in [1.807, 2.05) is 0 Å². The molecule has 1 unspecified atom stereocenters. The Hall–Kier alpha value is -2.00. The zero-order chi connectivity index (χ0) is 19.3. The molecule has 1 aromatic carbocycles. The fourth-order valence-electron chi connectivity index (χ4n) is 2.50. The van der Waals surface area contributed by atoms with Gasteiger partial charge in [0.05, 0.1) is 0 Å². The molecule has 1 aromatic rings. The van der Waals surface area contributed by atoms with Crippen LogP contribution in [0.5, 0.6) is 5.75 Å². The van der Waals surface area contributed by atoms with Crippen LogP contribution in [0.2, 0.25) is 0 Å². The van der Waals surface area contributed by atoms with E-state index in [0.717, 1.165) is 6.07 Å². The van der Waals surface area contributed by atoms with Gasteiger partial charge in [-0.15, -0.1) is 0 Å². The number of carbonyl (C=O) groups excluding carboxylic acids is 2. The van der Waals surface area contributed by atoms with E-state index in [0.29, 0.717) is 24.9 Å². The molecule has 11 heteroatoms. The van der Waals surface area contributed by atoms with Crippen LogP contribution in [0, 0.1) is 5.82 Å². The van der Waals surface area contributed by atoms with E-state index < -0.39 is 31.3 Å². The molecule has 5 N–H and O–H groups in total. The second-order valence-electron chi connectivity index (χ2n) is 6.03. The van der Waals surface area contributed by atoms with E-state index >= 15 is 0 Å². The van der Waals surface area contributed by atoms with Crippen molar-refractivity contribution in [1.29, 1.82) is 0 Å². The fourth-order valence-corrected chi connectivity index (χ4v) is 3.73. The number of imide groups is 1. The molecule has 0 saturated carbocycles. The third-order valence-corrected chi connectivity index (χ3v) is 5.28. The third-order valence-electron chi connectivity index (χ3n) is 3.89. The highest BCUT2D eigenvalue weighted by atomic mass is 31.2. The monoisotopic (exact) mass is 388 g/mol. The summed E-state index contributed by atoms with van der Waals surface area (Å²) in [5.74, 6) is -1.63. The second kappa shape index (κ2) is 8.59. The molecule has 0 radical (unpaired) electrons. The molecule has 2 atom stereocenters. The first-order valence-electron chi connectivity index (χ1n) is 8.11. The molecule has 1 saturated heterocycles. The van der Waals surface area contributed by atoms with E-state index in [-0.39, 0.29) is 19.0 Å². The molecular formula is C15H22FN4O5P. The quantitative estimate of drug-likeness (QED) is 0.244. The Morgan fingerprint density at radius 1 is 1.38 bits per heavy atom. The van der Waals surface area contributed by atoms with Crippen molar-refractivity contribution in [3.8, 4) is 5.75 Å². The molecular weight excluding hydrogens is 366 g/mol. The summed E-state index contributed by atoms with van der Waals surface area (Å²) in [6, 6.07) is 2.67. The number of nitrogens with one attached hydrogen (secondary N) is 3. The topological polar surface area (TPSA) is 131 Å². The number of halogens is 1. The average molecular weight is 388 g/mol. The lowest BCUT2D eigenvalue weighted by molar-refractivity contribution is -0.118. The van der Waals surface area contributed by atoms with Crippen LogP contribution in [0.15, 0.2) is 18.2 Å². The van der Waals surface area contributed by atoms with Crippen LogP contribution in [-0.4, -0.2) is 46.5 Å². The number of nitrogens with zero attached hydrogens (tertiary/aromatic N) is 1. The van der Waals surface area contributed by atoms with Crippen molar-refractivity contribution in [2.75, 3.05) is 19.6 Å². The Morgan fingerprint density at radius 3 is 2.73 bits per heavy atom. The van der Waals surface area contributed by atoms with Crippen molar-refractivity contribution in [3.05, 3.63) is 29.6 Å². The first kappa shape index (κ1) is 20.3. The molecule has 0 aromatic heterocycles. The number of phenolic OH excluding ortho intramolecular Hbond substituents is 1. The van der Waals surface area contributed by atoms with Crippen LogP contribution < -0.4 is 15.5 Å². The number of hydrogen-bond donors (Lipinski definition) is 5. The van der Waals surface area contributed by atoms with E-state index in [9.17, 15) is 28.5 Å². The van der Waals surface area contributed by atoms with Crippen molar-refractivity contribution in [2.45, 2.75) is 25.8 Å². The van der Waals surface area contributed by atoms with Gasteiger partial charge in [-0.05, 0) is 37.5 Å². The Labute approximate surface area is 150 Å². The van der Waals surface area contributed by atoms with E-state index in [1.165, 1.54) is 17.0 Å². The van der Waals surface area contributed by atoms with Crippen LogP contribution in [0.3, 0.4) is 0 Å². The molecule has 9 nitrogen and oxygen atoms in total. The number of rotatable bonds is 9. The zero-order valence-corrected chi connectivity index (χ0v) is 15.1. The van der Waals surface area contributed by atoms with Crippen LogP contribution in [-0.2, 0) is 9.36 Å². The van der Waals surface area contributed by atoms with Gasteiger partial charge in [0.2, 0.25) is 5.91 Å². The number of unbranched alkanes of at least 4 members (excludes halogenated alkanes) is 1. The summed E-state index contributed by atoms with van der Waals surface area (Å²) < 4.78 is 25.2. The van der Waals surface area contributed by atoms with Gasteiger partial charge in [-0.25, -0.2) is 19.4 Å². The van der Waals surface area contributed by atoms with Crippen LogP contribution in [0.1, 0.15) is 31.4 Å². The maximum Gasteiger partial charge on any atom is 0.338 e. The molecule has 2 rings (SSSR count). The van der Waals surface area contributed by atoms with Gasteiger partial charge in [0.15, 0.2) is 11.6 Å². The smallest absolute Gasteiger partial charge is 0.338 e. The van der Waals surface area contributed by atoms with Gasteiger partial charge in [0.1, 0.15) is 6.54 Å². The lowest BCUT2D eigenvalue weighted by atomic mass is 10.1. The first-order chi connectivity index (χ1) is 12.2. The minimum atomic E-state index is -3.85. The lowest BCUT2D eigenvalue weighted by Crippen LogP contribution is -2.30. The normalized spacial score (nSPS) is 17.9. The number of carbonyl (C=O) groups is 2. The van der Waals surface area contributed by atoms with Crippen LogP contribution in [0.25, 0.3) is 0 Å². The number of benzene rings is 1. The van der Waals surface area contributed by atoms with Gasteiger partial charge < -0.3 is 14.9 Å². The van der Waals surface area contributed by atoms with Gasteiger partial charge in [-0.3, -0.25) is 14.7 Å². The fraction of sp³-hybridized carbons (Fsp3) is 0.467. The highest BCUT2D eigenvalue weighted by Gasteiger charge is 2.26. The number of phenols is 1. The standard InChI is InChI=1S/C15H22FN4O5P/c1-10(11-4-5-12(16)13(21)8-11)19-26(24,25)17-6-2-3-7-20-9-14(22)18-15(20)23/h4-5,8,10,21H,2-3,6-7,9H2,1H3,(H,18,22,23)(H3,17,19,24,25)/t10-/m1/s1. The first-order valence-corrected chi connectivity index (χ1v) is 9.77. The Morgan fingerprint density at radius 2 is 2.12 bits per heavy atom. The van der Waals surface area contributed by atoms with Gasteiger partial charge in [0.25, 0.3) is 0 Å². The van der Waals surface area contributed by atoms with Crippen molar-refractivity contribution < 1.29 is 28.5 Å². The molecule has 144 valence electrons. The van der Waals surface area contributed by atoms with Crippen molar-refractivity contribution in [2.24, 2.45) is 0 Å². The summed E-state index contributed by atoms with van der Waals surface area (Å²) in [6.45, 7) is 2.26. The minimum absolute atomic E-state index is 0.0361. The summed E-state index contributed by atoms with van der Waals surface area (Å²) in [6.07, 6.45) is 1.09. The van der Waals surface area contributed by atoms with Crippen molar-refractivity contribution >= 4 is 19.6 Å². The number of amides is 3. The summed E-state index contributed by atoms with van der Waals surface area (Å²) in [4.78, 5) is 33.7. The van der Waals surface area contributed by atoms with E-state index in [2.05, 4.69) is 15.5 Å². The zero-order valence-electron chi connectivity index (χ0n) is 14.2. The van der Waals surface area contributed by atoms with Crippen LogP contribution in [0.4, 0.5) is 9.18 Å². The Kier molecular flexibility index (Phi) is 6.71. The molecule has 1 heterocycles. The summed E-state index contributed by atoms with van der Waals surface area (Å²) >= 11 is 0. The molecule has 1 fully saturated rings. The largest absolute Gasteiger partial charge is 0.505 e. The van der Waals surface area contributed by atoms with Gasteiger partial charge in [-0.2, -0.15) is 0 Å². The van der Waals surface area contributed by atoms with Crippen LogP contribution >= 0.6 is 7.67 Å². The Balaban J connectivity index is 1.72. The molecule has 1 aliphatic heterocycles. The average Bonchev–Trinajstić information content (AvgIpc) is 2.86. The second-order valence-corrected chi connectivity index (χ2v) is 7.75. The molecule has 26 heavy (non-hydrogen) atoms. The van der Waals surface area contributed by atoms with Gasteiger partial charge in [0, 0.05) is 19.1 Å². The SMILES string of the molecule is C[C@@H](NP(=O)(O)NCCCCN1CC(=O)NC1=O)c1ccc(F)c(O)c1. The highest BCUT2D eigenvalue weighted by molar-refractivity contribution is 7.53. The third kappa shape index (κ3) is 5.77. The highest BCUT2D eigenvalue weighted by Crippen LogP contribution is 2.34. The molecule has 1 aliphatic rings. The molecule has 0 bridgehead atoms. The predicted molar refractivity (Wildman–Crippen MR) is 91.8 cm³/mol. The molecule has 3 amide bonds. The molecule has 0 spiro atoms. The van der Waals surface area contributed by atoms with E-state index in [4.69, 9.17) is 0 Å². The van der Waals surface area contributed by atoms with Gasteiger partial charge >= 0.3 is 13.7 Å². The summed E-state index contributed by atoms with van der Waals surface area (Å²) in [5.41, 5.74) is 0.463. The van der Waals surface area contributed by atoms with Crippen molar-refractivity contribution in [1.82, 2.24) is 20.4 Å². The number of urea groups is 1. The Bertz CT molecular complexity index is 732. The van der Waals surface area contributed by atoms with E-state index in [1.54, 1.807) is 6.92 Å². The van der Waals surface area contributed by atoms with Crippen molar-refractivity contribution in [3.63, 3.8) is 0 Å². The lowest BCUT2D eigenvalue weighted by Gasteiger charge is -2.20. The number of aromatic hydroxyl groups is 1. The molecule has 0 aliphatic carbocycles. The van der Waals surface area contributed by atoms with Gasteiger partial charge in [-0.1, -0.05) is 6.07 Å².